The van der Waals surface area contributed by atoms with Gasteiger partial charge >= 0.3 is 0 Å². The number of nitrogens with zero attached hydrogens (tertiary/aromatic N) is 1. The number of sulfonamides is 1. The topological polar surface area (TPSA) is 101 Å². The summed E-state index contributed by atoms with van der Waals surface area (Å²) in [6.07, 6.45) is 0.446. The molecule has 24 heavy (non-hydrogen) atoms. The highest BCUT2D eigenvalue weighted by molar-refractivity contribution is 7.90. The fraction of sp³-hybridized carbons (Fsp3) is 0.600. The minimum Gasteiger partial charge on any atom is -0.485 e. The van der Waals surface area contributed by atoms with E-state index in [1.54, 1.807) is 13.8 Å². The van der Waals surface area contributed by atoms with Gasteiger partial charge in [-0.15, -0.1) is 0 Å². The van der Waals surface area contributed by atoms with Crippen LogP contribution in [-0.2, 0) is 19.9 Å². The van der Waals surface area contributed by atoms with E-state index in [0.29, 0.717) is 24.3 Å². The van der Waals surface area contributed by atoms with Crippen molar-refractivity contribution in [1.82, 2.24) is 4.31 Å². The van der Waals surface area contributed by atoms with Crippen LogP contribution in [-0.4, -0.2) is 56.5 Å². The van der Waals surface area contributed by atoms with Crippen LogP contribution < -0.4 is 4.74 Å². The Hall–Kier alpha value is -1.16. The summed E-state index contributed by atoms with van der Waals surface area (Å²) in [5, 5.41) is 10.7. The van der Waals surface area contributed by atoms with Gasteiger partial charge in [-0.1, -0.05) is 0 Å². The molecular weight excluding hydrogens is 354 g/mol. The third kappa shape index (κ3) is 2.83. The Morgan fingerprint density at radius 2 is 2.00 bits per heavy atom. The Morgan fingerprint density at radius 3 is 2.54 bits per heavy atom. The van der Waals surface area contributed by atoms with Crippen molar-refractivity contribution >= 4 is 19.9 Å². The molecule has 9 heteroatoms. The minimum atomic E-state index is -3.49. The van der Waals surface area contributed by atoms with Crippen LogP contribution in [0.25, 0.3) is 0 Å². The normalized spacial score (nSPS) is 29.0. The standard InChI is InChI=1S/C15H21NO6S2/c1-15(2)14(17)13(16-7-4-8-24(16,20)21)11-9-10(23(3,18)19)5-6-12(11)22-15/h5-6,9,13-14,17H,4,7-8H2,1-3H3. The highest BCUT2D eigenvalue weighted by Crippen LogP contribution is 2.45. The second-order valence-electron chi connectivity index (χ2n) is 6.85. The Balaban J connectivity index is 2.21. The lowest BCUT2D eigenvalue weighted by Gasteiger charge is -2.44. The van der Waals surface area contributed by atoms with Crippen LogP contribution in [0.5, 0.6) is 5.75 Å². The maximum Gasteiger partial charge on any atom is 0.214 e. The Labute approximate surface area is 142 Å². The zero-order valence-corrected chi connectivity index (χ0v) is 15.4. The fourth-order valence-corrected chi connectivity index (χ4v) is 5.63. The Morgan fingerprint density at radius 1 is 1.33 bits per heavy atom. The SMILES string of the molecule is CC1(C)Oc2ccc(S(C)(=O)=O)cc2C(N2CCCS2(=O)=O)C1O. The molecule has 2 heterocycles. The summed E-state index contributed by atoms with van der Waals surface area (Å²) in [6, 6.07) is 3.49. The van der Waals surface area contributed by atoms with Gasteiger partial charge in [0.05, 0.1) is 16.7 Å². The maximum atomic E-state index is 12.4. The molecule has 2 aliphatic rings. The van der Waals surface area contributed by atoms with Crippen molar-refractivity contribution in [2.24, 2.45) is 0 Å². The van der Waals surface area contributed by atoms with E-state index in [1.807, 2.05) is 0 Å². The number of aliphatic hydroxyl groups is 1. The first-order valence-corrected chi connectivity index (χ1v) is 11.1. The van der Waals surface area contributed by atoms with Crippen LogP contribution in [0.15, 0.2) is 23.1 Å². The van der Waals surface area contributed by atoms with Crippen LogP contribution in [0, 0.1) is 0 Å². The molecule has 2 aliphatic heterocycles. The molecule has 0 spiro atoms. The summed E-state index contributed by atoms with van der Waals surface area (Å²) in [4.78, 5) is 0.0679. The lowest BCUT2D eigenvalue weighted by molar-refractivity contribution is -0.0782. The molecule has 0 aromatic heterocycles. The summed E-state index contributed by atoms with van der Waals surface area (Å²) < 4.78 is 55.5. The zero-order chi connectivity index (χ0) is 17.9. The third-order valence-electron chi connectivity index (χ3n) is 4.56. The fourth-order valence-electron chi connectivity index (χ4n) is 3.26. The van der Waals surface area contributed by atoms with Gasteiger partial charge in [-0.3, -0.25) is 0 Å². The van der Waals surface area contributed by atoms with Crippen molar-refractivity contribution in [2.45, 2.75) is 42.9 Å². The molecule has 7 nitrogen and oxygen atoms in total. The highest BCUT2D eigenvalue weighted by atomic mass is 32.2. The molecule has 1 N–H and O–H groups in total. The van der Waals surface area contributed by atoms with Crippen molar-refractivity contribution in [3.63, 3.8) is 0 Å². The first-order valence-electron chi connectivity index (χ1n) is 7.64. The second-order valence-corrected chi connectivity index (χ2v) is 10.9. The van der Waals surface area contributed by atoms with Crippen molar-refractivity contribution in [1.29, 1.82) is 0 Å². The lowest BCUT2D eigenvalue weighted by atomic mass is 9.86. The molecule has 1 aromatic carbocycles. The summed E-state index contributed by atoms with van der Waals surface area (Å²) in [5.74, 6) is 0.420. The molecule has 0 amide bonds. The maximum absolute atomic E-state index is 12.4. The number of sulfone groups is 1. The van der Waals surface area contributed by atoms with E-state index in [2.05, 4.69) is 0 Å². The van der Waals surface area contributed by atoms with Crippen molar-refractivity contribution in [2.75, 3.05) is 18.6 Å². The quantitative estimate of drug-likeness (QED) is 0.816. The van der Waals surface area contributed by atoms with Crippen LogP contribution in [0.2, 0.25) is 0 Å². The van der Waals surface area contributed by atoms with E-state index in [-0.39, 0.29) is 10.6 Å². The second kappa shape index (κ2) is 5.42. The van der Waals surface area contributed by atoms with Crippen LogP contribution in [0.3, 0.4) is 0 Å². The first-order chi connectivity index (χ1) is 10.9. The molecule has 1 fully saturated rings. The zero-order valence-electron chi connectivity index (χ0n) is 13.8. The van der Waals surface area contributed by atoms with Gasteiger partial charge in [0.25, 0.3) is 0 Å². The number of aliphatic hydroxyl groups excluding tert-OH is 1. The number of rotatable bonds is 2. The molecule has 0 saturated carbocycles. The molecule has 134 valence electrons. The van der Waals surface area contributed by atoms with Gasteiger partial charge in [-0.05, 0) is 38.5 Å². The van der Waals surface area contributed by atoms with Gasteiger partial charge in [-0.25, -0.2) is 16.8 Å². The number of ether oxygens (including phenoxy) is 1. The molecule has 1 saturated heterocycles. The summed E-state index contributed by atoms with van der Waals surface area (Å²) in [7, 11) is -6.96. The molecule has 2 atom stereocenters. The Bertz CT molecular complexity index is 875. The van der Waals surface area contributed by atoms with E-state index in [1.165, 1.54) is 22.5 Å². The lowest BCUT2D eigenvalue weighted by Crippen LogP contribution is -2.53. The van der Waals surface area contributed by atoms with E-state index >= 15 is 0 Å². The third-order valence-corrected chi connectivity index (χ3v) is 7.60. The van der Waals surface area contributed by atoms with Gasteiger partial charge in [0.15, 0.2) is 9.84 Å². The average Bonchev–Trinajstić information content (AvgIpc) is 2.78. The van der Waals surface area contributed by atoms with E-state index in [9.17, 15) is 21.9 Å². The average molecular weight is 375 g/mol. The van der Waals surface area contributed by atoms with Gasteiger partial charge in [0, 0.05) is 18.4 Å². The largest absolute Gasteiger partial charge is 0.485 e. The number of benzene rings is 1. The van der Waals surface area contributed by atoms with Gasteiger partial charge < -0.3 is 9.84 Å². The number of hydrogen-bond donors (Lipinski definition) is 1. The molecule has 2 unspecified atom stereocenters. The van der Waals surface area contributed by atoms with E-state index < -0.39 is 37.6 Å². The predicted octanol–water partition coefficient (Wildman–Crippen LogP) is 0.699. The van der Waals surface area contributed by atoms with Gasteiger partial charge in [-0.2, -0.15) is 4.31 Å². The van der Waals surface area contributed by atoms with Crippen LogP contribution in [0.4, 0.5) is 0 Å². The van der Waals surface area contributed by atoms with Crippen LogP contribution in [0.1, 0.15) is 31.9 Å². The molecular formula is C15H21NO6S2. The van der Waals surface area contributed by atoms with Crippen molar-refractivity contribution in [3.8, 4) is 5.75 Å². The summed E-state index contributed by atoms with van der Waals surface area (Å²) >= 11 is 0. The van der Waals surface area contributed by atoms with Crippen LogP contribution >= 0.6 is 0 Å². The number of fused-ring (bicyclic) bond motifs is 1. The monoisotopic (exact) mass is 375 g/mol. The Kier molecular flexibility index (Phi) is 3.99. The molecule has 0 radical (unpaired) electrons. The highest BCUT2D eigenvalue weighted by Gasteiger charge is 2.49. The number of hydrogen-bond acceptors (Lipinski definition) is 6. The molecule has 0 aliphatic carbocycles. The minimum absolute atomic E-state index is 0.0264. The summed E-state index contributed by atoms with van der Waals surface area (Å²) in [5.41, 5.74) is -0.613. The van der Waals surface area contributed by atoms with Gasteiger partial charge in [0.1, 0.15) is 17.5 Å². The van der Waals surface area contributed by atoms with Crippen molar-refractivity contribution in [3.05, 3.63) is 23.8 Å². The van der Waals surface area contributed by atoms with Gasteiger partial charge in [0.2, 0.25) is 10.0 Å². The van der Waals surface area contributed by atoms with Crippen molar-refractivity contribution < 1.29 is 26.7 Å². The smallest absolute Gasteiger partial charge is 0.214 e. The summed E-state index contributed by atoms with van der Waals surface area (Å²) in [6.45, 7) is 3.66. The molecule has 3 rings (SSSR count). The predicted molar refractivity (Wildman–Crippen MR) is 88.1 cm³/mol. The first kappa shape index (κ1) is 17.7. The van der Waals surface area contributed by atoms with E-state index in [0.717, 1.165) is 6.26 Å². The molecule has 0 bridgehead atoms. The van der Waals surface area contributed by atoms with E-state index in [4.69, 9.17) is 4.74 Å². The molecule has 1 aromatic rings.